The lowest BCUT2D eigenvalue weighted by molar-refractivity contribution is -0.161. The van der Waals surface area contributed by atoms with Crippen LogP contribution in [0.4, 0.5) is 0 Å². The smallest absolute Gasteiger partial charge is 0.462 e. The van der Waals surface area contributed by atoms with Gasteiger partial charge in [-0.15, -0.1) is 0 Å². The average molecular weight is 1260 g/mol. The number of aliphatic hydroxyl groups is 1. The Bertz CT molecular complexity index is 1700. The summed E-state index contributed by atoms with van der Waals surface area (Å²) in [5.74, 6) is 0.719. The standard InChI is InChI=1S/C66H128O17P2/c1-56(2)42-34-26-18-14-12-10-9-11-13-15-21-30-38-46-63(68)76-53-62(83-66(71)49-41-33-25-24-29-37-45-59(7)8)55-81-85(74,75)79-51-60(67)50-78-84(72,73)80-54-61(82-65(70)48-40-32-23-17-20-28-36-44-58(5)6)52-77-64(69)47-39-31-22-16-19-27-35-43-57(3)4/h56-62,67H,9-55H2,1-8H3,(H,72,73)(H,74,75)/t60?,61-,62-/m1/s1. The summed E-state index contributed by atoms with van der Waals surface area (Å²) in [6.45, 7) is 13.9. The van der Waals surface area contributed by atoms with Crippen LogP contribution in [0.1, 0.15) is 319 Å². The third-order valence-electron chi connectivity index (χ3n) is 15.1. The SMILES string of the molecule is CC(C)CCCCCCCCCCCCCCCC(=O)OC[C@H](COP(=O)(O)OCC(O)COP(=O)(O)OC[C@@H](COC(=O)CCCCCCCCCC(C)C)OC(=O)CCCCCCCCCC(C)C)OC(=O)CCCCCCCCC(C)C. The zero-order valence-corrected chi connectivity index (χ0v) is 57.0. The second-order valence-corrected chi connectivity index (χ2v) is 28.7. The molecule has 5 atom stereocenters. The molecule has 3 unspecified atom stereocenters. The molecule has 0 radical (unpaired) electrons. The summed E-state index contributed by atoms with van der Waals surface area (Å²) in [5.41, 5.74) is 0. The molecule has 0 saturated heterocycles. The second-order valence-electron chi connectivity index (χ2n) is 25.8. The minimum Gasteiger partial charge on any atom is -0.462 e. The largest absolute Gasteiger partial charge is 0.472 e. The van der Waals surface area contributed by atoms with E-state index in [0.717, 1.165) is 102 Å². The summed E-state index contributed by atoms with van der Waals surface area (Å²) in [5, 5.41) is 10.5. The number of carbonyl (C=O) groups excluding carboxylic acids is 4. The minimum atomic E-state index is -4.95. The van der Waals surface area contributed by atoms with E-state index in [-0.39, 0.29) is 25.7 Å². The van der Waals surface area contributed by atoms with Crippen LogP contribution in [-0.2, 0) is 65.4 Å². The van der Waals surface area contributed by atoms with Gasteiger partial charge in [-0.3, -0.25) is 37.3 Å². The Morgan fingerprint density at radius 1 is 0.294 bits per heavy atom. The Balaban J connectivity index is 5.19. The molecule has 0 aromatic carbocycles. The van der Waals surface area contributed by atoms with Gasteiger partial charge in [0.05, 0.1) is 26.4 Å². The van der Waals surface area contributed by atoms with E-state index >= 15 is 0 Å². The van der Waals surface area contributed by atoms with Gasteiger partial charge in [0, 0.05) is 25.7 Å². The zero-order chi connectivity index (χ0) is 63.2. The molecule has 0 aromatic rings. The number of esters is 4. The summed E-state index contributed by atoms with van der Waals surface area (Å²) in [6, 6.07) is 0. The molecule has 0 heterocycles. The zero-order valence-electron chi connectivity index (χ0n) is 55.2. The van der Waals surface area contributed by atoms with E-state index in [2.05, 4.69) is 55.4 Å². The highest BCUT2D eigenvalue weighted by Gasteiger charge is 2.30. The van der Waals surface area contributed by atoms with Crippen molar-refractivity contribution < 1.29 is 80.2 Å². The summed E-state index contributed by atoms with van der Waals surface area (Å²) < 4.78 is 68.0. The maximum Gasteiger partial charge on any atom is 0.472 e. The van der Waals surface area contributed by atoms with Crippen LogP contribution in [0.25, 0.3) is 0 Å². The van der Waals surface area contributed by atoms with Gasteiger partial charge in [-0.05, 0) is 49.4 Å². The first-order chi connectivity index (χ1) is 40.6. The topological polar surface area (TPSA) is 237 Å². The summed E-state index contributed by atoms with van der Waals surface area (Å²) in [6.07, 6.45) is 36.6. The highest BCUT2D eigenvalue weighted by molar-refractivity contribution is 7.47. The Labute approximate surface area is 517 Å². The molecule has 0 rings (SSSR count). The monoisotopic (exact) mass is 1250 g/mol. The number of hydrogen-bond acceptors (Lipinski definition) is 15. The highest BCUT2D eigenvalue weighted by atomic mass is 31.2. The van der Waals surface area contributed by atoms with E-state index in [1.165, 1.54) is 116 Å². The lowest BCUT2D eigenvalue weighted by Crippen LogP contribution is -2.30. The van der Waals surface area contributed by atoms with Crippen molar-refractivity contribution in [2.24, 2.45) is 23.7 Å². The van der Waals surface area contributed by atoms with E-state index in [0.29, 0.717) is 43.4 Å². The van der Waals surface area contributed by atoms with Crippen LogP contribution < -0.4 is 0 Å². The first kappa shape index (κ1) is 83.1. The normalized spacial score (nSPS) is 14.4. The molecule has 0 spiro atoms. The molecule has 19 heteroatoms. The van der Waals surface area contributed by atoms with Crippen molar-refractivity contribution in [3.63, 3.8) is 0 Å². The number of ether oxygens (including phenoxy) is 4. The Hall–Kier alpha value is -1.94. The van der Waals surface area contributed by atoms with Gasteiger partial charge in [0.1, 0.15) is 19.3 Å². The van der Waals surface area contributed by atoms with Gasteiger partial charge in [-0.25, -0.2) is 9.13 Å². The number of phosphoric ester groups is 2. The fraction of sp³-hybridized carbons (Fsp3) is 0.939. The van der Waals surface area contributed by atoms with Crippen molar-refractivity contribution in [1.29, 1.82) is 0 Å². The van der Waals surface area contributed by atoms with Crippen molar-refractivity contribution in [3.8, 4) is 0 Å². The maximum atomic E-state index is 13.0. The first-order valence-corrected chi connectivity index (χ1v) is 37.2. The minimum absolute atomic E-state index is 0.101. The quantitative estimate of drug-likeness (QED) is 0.0222. The molecule has 0 amide bonds. The predicted octanol–water partition coefficient (Wildman–Crippen LogP) is 18.1. The van der Waals surface area contributed by atoms with E-state index < -0.39 is 97.5 Å². The van der Waals surface area contributed by atoms with Crippen LogP contribution in [-0.4, -0.2) is 96.7 Å². The van der Waals surface area contributed by atoms with Gasteiger partial charge in [-0.2, -0.15) is 0 Å². The fourth-order valence-corrected chi connectivity index (χ4v) is 11.4. The van der Waals surface area contributed by atoms with Gasteiger partial charge in [0.15, 0.2) is 12.2 Å². The Kier molecular flexibility index (Phi) is 54.8. The van der Waals surface area contributed by atoms with E-state index in [1.54, 1.807) is 0 Å². The van der Waals surface area contributed by atoms with Gasteiger partial charge in [-0.1, -0.05) is 267 Å². The van der Waals surface area contributed by atoms with Crippen LogP contribution in [0.2, 0.25) is 0 Å². The molecule has 0 saturated carbocycles. The summed E-state index contributed by atoms with van der Waals surface area (Å²) in [7, 11) is -9.89. The molecule has 3 N–H and O–H groups in total. The third kappa shape index (κ3) is 60.7. The summed E-state index contributed by atoms with van der Waals surface area (Å²) >= 11 is 0. The number of unbranched alkanes of at least 4 members (excludes halogenated alkanes) is 29. The van der Waals surface area contributed by atoms with Gasteiger partial charge in [0.25, 0.3) is 0 Å². The van der Waals surface area contributed by atoms with Crippen LogP contribution in [0.3, 0.4) is 0 Å². The third-order valence-corrected chi connectivity index (χ3v) is 17.0. The molecule has 0 aliphatic heterocycles. The van der Waals surface area contributed by atoms with Gasteiger partial charge in [0.2, 0.25) is 0 Å². The number of hydrogen-bond donors (Lipinski definition) is 3. The van der Waals surface area contributed by atoms with Crippen molar-refractivity contribution in [1.82, 2.24) is 0 Å². The van der Waals surface area contributed by atoms with Gasteiger partial charge >= 0.3 is 39.5 Å². The Morgan fingerprint density at radius 2 is 0.494 bits per heavy atom. The van der Waals surface area contributed by atoms with Crippen molar-refractivity contribution in [2.45, 2.75) is 337 Å². The van der Waals surface area contributed by atoms with Crippen LogP contribution in [0, 0.1) is 23.7 Å². The van der Waals surface area contributed by atoms with Crippen LogP contribution in [0.15, 0.2) is 0 Å². The van der Waals surface area contributed by atoms with Crippen molar-refractivity contribution >= 4 is 39.5 Å². The highest BCUT2D eigenvalue weighted by Crippen LogP contribution is 2.45. The molecular weight excluding hydrogens is 1130 g/mol. The fourth-order valence-electron chi connectivity index (χ4n) is 9.78. The van der Waals surface area contributed by atoms with E-state index in [4.69, 9.17) is 37.0 Å². The molecular formula is C66H128O17P2. The average Bonchev–Trinajstić information content (AvgIpc) is 3.58. The van der Waals surface area contributed by atoms with Crippen LogP contribution >= 0.6 is 15.6 Å². The molecule has 504 valence electrons. The number of carbonyl (C=O) groups is 4. The molecule has 0 aromatic heterocycles. The molecule has 0 aliphatic carbocycles. The van der Waals surface area contributed by atoms with Gasteiger partial charge < -0.3 is 33.8 Å². The lowest BCUT2D eigenvalue weighted by atomic mass is 10.0. The maximum absolute atomic E-state index is 13.0. The molecule has 17 nitrogen and oxygen atoms in total. The number of rotatable bonds is 63. The van der Waals surface area contributed by atoms with Crippen molar-refractivity contribution in [3.05, 3.63) is 0 Å². The molecule has 0 fully saturated rings. The molecule has 0 bridgehead atoms. The Morgan fingerprint density at radius 3 is 0.729 bits per heavy atom. The number of aliphatic hydroxyl groups excluding tert-OH is 1. The molecule has 85 heavy (non-hydrogen) atoms. The predicted molar refractivity (Wildman–Crippen MR) is 340 cm³/mol. The first-order valence-electron chi connectivity index (χ1n) is 34.2. The lowest BCUT2D eigenvalue weighted by Gasteiger charge is -2.21. The second kappa shape index (κ2) is 56.1. The van der Waals surface area contributed by atoms with Crippen LogP contribution in [0.5, 0.6) is 0 Å². The molecule has 0 aliphatic rings. The van der Waals surface area contributed by atoms with E-state index in [9.17, 15) is 43.2 Å². The van der Waals surface area contributed by atoms with Crippen molar-refractivity contribution in [2.75, 3.05) is 39.6 Å². The van der Waals surface area contributed by atoms with E-state index in [1.807, 2.05) is 0 Å². The number of phosphoric acid groups is 2. The summed E-state index contributed by atoms with van der Waals surface area (Å²) in [4.78, 5) is 72.2.